The monoisotopic (exact) mass is 558 g/mol. The van der Waals surface area contributed by atoms with Crippen molar-refractivity contribution in [1.82, 2.24) is 0 Å². The fourth-order valence-corrected chi connectivity index (χ4v) is 7.83. The first-order valence-corrected chi connectivity index (χ1v) is 15.9. The van der Waals surface area contributed by atoms with Gasteiger partial charge in [-0.3, -0.25) is 9.59 Å². The first-order chi connectivity index (χ1) is 19.8. The van der Waals surface area contributed by atoms with Crippen LogP contribution in [0.3, 0.4) is 0 Å². The molecule has 4 nitrogen and oxygen atoms in total. The first kappa shape index (κ1) is 31.2. The molecule has 5 rings (SSSR count). The van der Waals surface area contributed by atoms with Crippen LogP contribution >= 0.6 is 0 Å². The fourth-order valence-electron chi connectivity index (χ4n) is 7.83. The number of ether oxygens (including phenoxy) is 1. The molecule has 0 radical (unpaired) electrons. The maximum atomic E-state index is 12.2. The minimum absolute atomic E-state index is 0.0570. The van der Waals surface area contributed by atoms with E-state index in [0.29, 0.717) is 24.7 Å². The number of carbonyl (C=O) groups excluding carboxylic acids is 2. The van der Waals surface area contributed by atoms with Gasteiger partial charge in [0.2, 0.25) is 0 Å². The highest BCUT2D eigenvalue weighted by Crippen LogP contribution is 2.63. The van der Waals surface area contributed by atoms with Crippen LogP contribution < -0.4 is 0 Å². The Kier molecular flexibility index (Phi) is 10.6. The molecule has 0 saturated heterocycles. The summed E-state index contributed by atoms with van der Waals surface area (Å²) in [6, 6.07) is 8.84. The highest BCUT2D eigenvalue weighted by Gasteiger charge is 2.56. The molecule has 0 amide bonds. The van der Waals surface area contributed by atoms with Crippen LogP contribution in [0.15, 0.2) is 65.3 Å². The molecule has 1 N–H and O–H groups in total. The molecule has 1 aromatic carbocycles. The summed E-state index contributed by atoms with van der Waals surface area (Å²) in [4.78, 5) is 24.3. The maximum absolute atomic E-state index is 12.2. The number of aliphatic hydroxyl groups is 1. The molecule has 0 bridgehead atoms. The molecule has 6 atom stereocenters. The molecule has 222 valence electrons. The number of ketones is 1. The zero-order valence-corrected chi connectivity index (χ0v) is 25.8. The Morgan fingerprint density at radius 2 is 1.80 bits per heavy atom. The second-order valence-corrected chi connectivity index (χ2v) is 12.7. The van der Waals surface area contributed by atoms with Gasteiger partial charge in [0.1, 0.15) is 0 Å². The summed E-state index contributed by atoms with van der Waals surface area (Å²) in [5.41, 5.74) is 6.66. The second-order valence-electron chi connectivity index (χ2n) is 12.7. The molecular formula is C37H50O4. The Morgan fingerprint density at radius 1 is 1.07 bits per heavy atom. The molecule has 6 unspecified atom stereocenters. The number of hydrogen-bond acceptors (Lipinski definition) is 4. The van der Waals surface area contributed by atoms with Gasteiger partial charge in [-0.25, -0.2) is 0 Å². The average molecular weight is 559 g/mol. The Bertz CT molecular complexity index is 1200. The minimum atomic E-state index is -0.259. The average Bonchev–Trinajstić information content (AvgIpc) is 3.28. The molecule has 0 spiro atoms. The van der Waals surface area contributed by atoms with Crippen LogP contribution in [0.4, 0.5) is 0 Å². The molecule has 4 heteroatoms. The van der Waals surface area contributed by atoms with E-state index in [1.807, 2.05) is 18.2 Å². The van der Waals surface area contributed by atoms with Crippen molar-refractivity contribution in [3.8, 4) is 0 Å². The zero-order chi connectivity index (χ0) is 29.6. The molecule has 41 heavy (non-hydrogen) atoms. The lowest BCUT2D eigenvalue weighted by molar-refractivity contribution is -0.143. The van der Waals surface area contributed by atoms with Gasteiger partial charge in [0.05, 0.1) is 19.1 Å². The molecule has 4 aliphatic rings. The molecular weight excluding hydrogens is 508 g/mol. The predicted molar refractivity (Wildman–Crippen MR) is 167 cm³/mol. The van der Waals surface area contributed by atoms with E-state index in [2.05, 4.69) is 64.1 Å². The number of carbonyl (C=O) groups is 2. The predicted octanol–water partition coefficient (Wildman–Crippen LogP) is 8.52. The van der Waals surface area contributed by atoms with E-state index in [-0.39, 0.29) is 35.1 Å². The minimum Gasteiger partial charge on any atom is -0.469 e. The fraction of sp³-hybridized carbons (Fsp3) is 0.568. The Hall–Kier alpha value is -2.72. The number of benzene rings is 1. The normalized spacial score (nSPS) is 29.8. The highest BCUT2D eigenvalue weighted by molar-refractivity contribution is 5.93. The number of rotatable bonds is 7. The van der Waals surface area contributed by atoms with Crippen LogP contribution in [0.25, 0.3) is 6.08 Å². The summed E-state index contributed by atoms with van der Waals surface area (Å²) >= 11 is 0. The topological polar surface area (TPSA) is 63.6 Å². The molecule has 4 aliphatic carbocycles. The van der Waals surface area contributed by atoms with Gasteiger partial charge in [-0.15, -0.1) is 0 Å². The van der Waals surface area contributed by atoms with Gasteiger partial charge in [-0.05, 0) is 97.0 Å². The number of fused-ring (bicyclic) bond motifs is 4. The van der Waals surface area contributed by atoms with Crippen molar-refractivity contribution in [2.24, 2.45) is 23.2 Å². The summed E-state index contributed by atoms with van der Waals surface area (Å²) in [7, 11) is 1.44. The summed E-state index contributed by atoms with van der Waals surface area (Å²) in [5, 5.41) is 11.1. The van der Waals surface area contributed by atoms with Crippen LogP contribution in [-0.2, 0) is 14.3 Å². The van der Waals surface area contributed by atoms with E-state index >= 15 is 0 Å². The SMILES string of the molecule is CC/C=C/C(C/C=C/c1ccc(C2CC3(C)C(O)CCC3C3CCC4=CC(=O)CCC4=C23)cc1)C(=O)OC.CCC. The third kappa shape index (κ3) is 6.69. The summed E-state index contributed by atoms with van der Waals surface area (Å²) in [5.74, 6) is 1.12. The van der Waals surface area contributed by atoms with Crippen LogP contribution in [0.1, 0.15) is 109 Å². The largest absolute Gasteiger partial charge is 0.469 e. The van der Waals surface area contributed by atoms with Gasteiger partial charge < -0.3 is 9.84 Å². The molecule has 0 heterocycles. The molecule has 0 aromatic heterocycles. The lowest BCUT2D eigenvalue weighted by Crippen LogP contribution is -2.45. The van der Waals surface area contributed by atoms with E-state index in [1.54, 1.807) is 5.57 Å². The van der Waals surface area contributed by atoms with Gasteiger partial charge in [-0.2, -0.15) is 0 Å². The van der Waals surface area contributed by atoms with Crippen molar-refractivity contribution in [1.29, 1.82) is 0 Å². The van der Waals surface area contributed by atoms with Crippen molar-refractivity contribution in [3.05, 3.63) is 76.4 Å². The van der Waals surface area contributed by atoms with Crippen LogP contribution in [0.2, 0.25) is 0 Å². The maximum Gasteiger partial charge on any atom is 0.312 e. The zero-order valence-electron chi connectivity index (χ0n) is 25.8. The highest BCUT2D eigenvalue weighted by atomic mass is 16.5. The quantitative estimate of drug-likeness (QED) is 0.269. The third-order valence-electron chi connectivity index (χ3n) is 9.83. The van der Waals surface area contributed by atoms with Gasteiger partial charge in [-0.1, -0.05) is 88.3 Å². The lowest BCUT2D eigenvalue weighted by Gasteiger charge is -2.52. The van der Waals surface area contributed by atoms with Gasteiger partial charge in [0, 0.05) is 12.3 Å². The van der Waals surface area contributed by atoms with Crippen molar-refractivity contribution >= 4 is 17.8 Å². The molecule has 2 saturated carbocycles. The molecule has 0 aliphatic heterocycles. The number of allylic oxidation sites excluding steroid dienone is 6. The smallest absolute Gasteiger partial charge is 0.312 e. The van der Waals surface area contributed by atoms with E-state index in [0.717, 1.165) is 50.5 Å². The number of methoxy groups -OCH3 is 1. The Morgan fingerprint density at radius 3 is 2.49 bits per heavy atom. The van der Waals surface area contributed by atoms with Crippen LogP contribution in [-0.4, -0.2) is 30.1 Å². The third-order valence-corrected chi connectivity index (χ3v) is 9.83. The van der Waals surface area contributed by atoms with Crippen LogP contribution in [0, 0.1) is 23.2 Å². The van der Waals surface area contributed by atoms with E-state index < -0.39 is 0 Å². The van der Waals surface area contributed by atoms with Gasteiger partial charge in [0.25, 0.3) is 0 Å². The van der Waals surface area contributed by atoms with E-state index in [1.165, 1.54) is 30.2 Å². The molecule has 2 fully saturated rings. The Balaban J connectivity index is 0.00000124. The lowest BCUT2D eigenvalue weighted by atomic mass is 9.53. The number of esters is 1. The number of hydrogen-bond donors (Lipinski definition) is 1. The van der Waals surface area contributed by atoms with Crippen molar-refractivity contribution < 1.29 is 19.4 Å². The summed E-state index contributed by atoms with van der Waals surface area (Å²) < 4.78 is 4.96. The first-order valence-electron chi connectivity index (χ1n) is 15.9. The van der Waals surface area contributed by atoms with Crippen molar-refractivity contribution in [2.75, 3.05) is 7.11 Å². The Labute approximate surface area is 247 Å². The van der Waals surface area contributed by atoms with Crippen molar-refractivity contribution in [3.63, 3.8) is 0 Å². The van der Waals surface area contributed by atoms with Crippen LogP contribution in [0.5, 0.6) is 0 Å². The van der Waals surface area contributed by atoms with Crippen molar-refractivity contribution in [2.45, 2.75) is 104 Å². The number of aliphatic hydroxyl groups excluding tert-OH is 1. The summed E-state index contributed by atoms with van der Waals surface area (Å²) in [6.45, 7) is 8.63. The van der Waals surface area contributed by atoms with Gasteiger partial charge >= 0.3 is 5.97 Å². The van der Waals surface area contributed by atoms with Gasteiger partial charge in [0.15, 0.2) is 5.78 Å². The molecule has 1 aromatic rings. The van der Waals surface area contributed by atoms with E-state index in [4.69, 9.17) is 4.74 Å². The summed E-state index contributed by atoms with van der Waals surface area (Å²) in [6.07, 6.45) is 19.1. The second kappa shape index (κ2) is 14.0. The standard InChI is InChI=1S/C34H42O4.C3H8/c1-4-5-8-24(33(37)38-3)9-6-7-22-10-12-23(13-11-22)29-21-34(2)30(18-19-31(34)36)28-16-14-25-20-26(35)15-17-27(25)32(28)29;1-3-2/h5-8,10-13,20,24,28-31,36H,4,9,14-19,21H2,1-3H3;3H2,1-2H3/b7-6+,8-5+;. The van der Waals surface area contributed by atoms with E-state index in [9.17, 15) is 14.7 Å².